The smallest absolute Gasteiger partial charge is 0.262 e. The highest BCUT2D eigenvalue weighted by atomic mass is 35.5. The minimum atomic E-state index is -0.615. The van der Waals surface area contributed by atoms with E-state index in [1.54, 1.807) is 41.9 Å². The largest absolute Gasteiger partial charge is 0.489 e. The van der Waals surface area contributed by atoms with Crippen LogP contribution < -0.4 is 15.5 Å². The van der Waals surface area contributed by atoms with Crippen LogP contribution in [0.4, 0.5) is 0 Å². The van der Waals surface area contributed by atoms with Crippen molar-refractivity contribution in [2.75, 3.05) is 19.6 Å². The normalized spacial score (nSPS) is 15.2. The van der Waals surface area contributed by atoms with E-state index in [-0.39, 0.29) is 29.4 Å². The number of carbonyl (C=O) groups is 2. The molecule has 1 fully saturated rings. The standard InChI is InChI=1S/C21H24Cl2N4O4/c22-18-10-14(11-19(23)25-18)13-31-16-6-4-15(5-7-16)20(28)24-12-17(21(29)26-30)27-8-2-1-3-9-27/h4-7,10-11,17,30H,1-3,8-9,12-13H2,(H,24,28)(H,26,29). The number of amides is 2. The molecule has 166 valence electrons. The first-order chi connectivity index (χ1) is 15.0. The number of hydroxylamine groups is 1. The molecule has 1 aromatic heterocycles. The molecule has 10 heteroatoms. The summed E-state index contributed by atoms with van der Waals surface area (Å²) in [5.74, 6) is -0.263. The number of rotatable bonds is 8. The molecule has 8 nitrogen and oxygen atoms in total. The van der Waals surface area contributed by atoms with E-state index >= 15 is 0 Å². The van der Waals surface area contributed by atoms with E-state index in [4.69, 9.17) is 33.1 Å². The number of hydrogen-bond acceptors (Lipinski definition) is 6. The maximum atomic E-state index is 12.5. The number of aromatic nitrogens is 1. The third-order valence-corrected chi connectivity index (χ3v) is 5.43. The highest BCUT2D eigenvalue weighted by Gasteiger charge is 2.27. The van der Waals surface area contributed by atoms with Crippen LogP contribution in [0, 0.1) is 0 Å². The van der Waals surface area contributed by atoms with Gasteiger partial charge in [-0.2, -0.15) is 0 Å². The molecular weight excluding hydrogens is 443 g/mol. The molecule has 1 aliphatic heterocycles. The first-order valence-corrected chi connectivity index (χ1v) is 10.7. The Hall–Kier alpha value is -2.39. The maximum Gasteiger partial charge on any atom is 0.262 e. The Morgan fingerprint density at radius 2 is 1.74 bits per heavy atom. The quantitative estimate of drug-likeness (QED) is 0.313. The van der Waals surface area contributed by atoms with Gasteiger partial charge in [0.1, 0.15) is 28.7 Å². The maximum absolute atomic E-state index is 12.5. The molecule has 0 aliphatic carbocycles. The van der Waals surface area contributed by atoms with Crippen LogP contribution in [0.15, 0.2) is 36.4 Å². The van der Waals surface area contributed by atoms with Crippen molar-refractivity contribution < 1.29 is 19.5 Å². The lowest BCUT2D eigenvalue weighted by Gasteiger charge is -2.33. The van der Waals surface area contributed by atoms with Crippen molar-refractivity contribution in [2.45, 2.75) is 31.9 Å². The second-order valence-electron chi connectivity index (χ2n) is 7.23. The van der Waals surface area contributed by atoms with E-state index in [1.165, 1.54) is 0 Å². The fourth-order valence-electron chi connectivity index (χ4n) is 3.45. The van der Waals surface area contributed by atoms with Crippen molar-refractivity contribution in [3.63, 3.8) is 0 Å². The average molecular weight is 467 g/mol. The van der Waals surface area contributed by atoms with Gasteiger partial charge in [-0.3, -0.25) is 19.7 Å². The van der Waals surface area contributed by atoms with Crippen molar-refractivity contribution in [3.8, 4) is 5.75 Å². The van der Waals surface area contributed by atoms with Crippen molar-refractivity contribution >= 4 is 35.0 Å². The van der Waals surface area contributed by atoms with Gasteiger partial charge in [0.15, 0.2) is 0 Å². The van der Waals surface area contributed by atoms with E-state index < -0.39 is 11.9 Å². The first-order valence-electron chi connectivity index (χ1n) is 9.97. The average Bonchev–Trinajstić information content (AvgIpc) is 2.78. The van der Waals surface area contributed by atoms with Crippen molar-refractivity contribution in [3.05, 3.63) is 57.8 Å². The molecule has 0 spiro atoms. The number of likely N-dealkylation sites (tertiary alicyclic amines) is 1. The van der Waals surface area contributed by atoms with Crippen LogP contribution in [0.3, 0.4) is 0 Å². The van der Waals surface area contributed by atoms with Crippen LogP contribution in [-0.4, -0.2) is 52.6 Å². The molecule has 3 rings (SSSR count). The molecule has 1 atom stereocenters. The Kier molecular flexibility index (Phi) is 8.48. The number of halogens is 2. The minimum absolute atomic E-state index is 0.104. The van der Waals surface area contributed by atoms with Gasteiger partial charge in [-0.05, 0) is 67.9 Å². The number of ether oxygens (including phenoxy) is 1. The van der Waals surface area contributed by atoms with E-state index in [1.807, 2.05) is 4.90 Å². The summed E-state index contributed by atoms with van der Waals surface area (Å²) >= 11 is 11.8. The lowest BCUT2D eigenvalue weighted by Crippen LogP contribution is -2.53. The zero-order chi connectivity index (χ0) is 22.2. The van der Waals surface area contributed by atoms with Crippen molar-refractivity contribution in [1.29, 1.82) is 0 Å². The molecular formula is C21H24Cl2N4O4. The third-order valence-electron chi connectivity index (χ3n) is 5.04. The Bertz CT molecular complexity index is 885. The topological polar surface area (TPSA) is 104 Å². The number of piperidine rings is 1. The molecule has 1 aromatic carbocycles. The van der Waals surface area contributed by atoms with E-state index in [9.17, 15) is 9.59 Å². The summed E-state index contributed by atoms with van der Waals surface area (Å²) in [6.45, 7) is 1.87. The second-order valence-corrected chi connectivity index (χ2v) is 8.01. The highest BCUT2D eigenvalue weighted by Crippen LogP contribution is 2.18. The zero-order valence-corrected chi connectivity index (χ0v) is 18.3. The molecule has 2 amide bonds. The van der Waals surface area contributed by atoms with Crippen LogP contribution in [0.2, 0.25) is 10.3 Å². The van der Waals surface area contributed by atoms with Gasteiger partial charge in [0.25, 0.3) is 11.8 Å². The fraction of sp³-hybridized carbons (Fsp3) is 0.381. The molecule has 0 saturated carbocycles. The number of benzene rings is 1. The lowest BCUT2D eigenvalue weighted by molar-refractivity contribution is -0.135. The van der Waals surface area contributed by atoms with Gasteiger partial charge in [0, 0.05) is 12.1 Å². The summed E-state index contributed by atoms with van der Waals surface area (Å²) in [5.41, 5.74) is 2.91. The Morgan fingerprint density at radius 1 is 1.10 bits per heavy atom. The van der Waals surface area contributed by atoms with Gasteiger partial charge < -0.3 is 10.1 Å². The molecule has 1 saturated heterocycles. The molecule has 1 unspecified atom stereocenters. The van der Waals surface area contributed by atoms with E-state index in [2.05, 4.69) is 10.3 Å². The van der Waals surface area contributed by atoms with Gasteiger partial charge in [-0.25, -0.2) is 10.5 Å². The third kappa shape index (κ3) is 6.80. The number of carbonyl (C=O) groups excluding carboxylic acids is 2. The first kappa shape index (κ1) is 23.3. The zero-order valence-electron chi connectivity index (χ0n) is 16.8. The minimum Gasteiger partial charge on any atom is -0.489 e. The van der Waals surface area contributed by atoms with Crippen LogP contribution in [-0.2, 0) is 11.4 Å². The molecule has 2 heterocycles. The Balaban J connectivity index is 1.54. The van der Waals surface area contributed by atoms with Crippen molar-refractivity contribution in [2.24, 2.45) is 0 Å². The van der Waals surface area contributed by atoms with Gasteiger partial charge >= 0.3 is 0 Å². The van der Waals surface area contributed by atoms with Crippen LogP contribution in [0.5, 0.6) is 5.75 Å². The van der Waals surface area contributed by atoms with Crippen LogP contribution >= 0.6 is 23.2 Å². The molecule has 0 radical (unpaired) electrons. The number of nitrogens with one attached hydrogen (secondary N) is 2. The molecule has 1 aliphatic rings. The molecule has 31 heavy (non-hydrogen) atoms. The number of nitrogens with zero attached hydrogens (tertiary/aromatic N) is 2. The van der Waals surface area contributed by atoms with E-state index in [0.29, 0.717) is 11.3 Å². The van der Waals surface area contributed by atoms with Crippen LogP contribution in [0.1, 0.15) is 35.2 Å². The van der Waals surface area contributed by atoms with Gasteiger partial charge in [0.05, 0.1) is 0 Å². The molecule has 3 N–H and O–H groups in total. The predicted octanol–water partition coefficient (Wildman–Crippen LogP) is 3.06. The Labute approximate surface area is 190 Å². The molecule has 0 bridgehead atoms. The number of pyridine rings is 1. The fourth-order valence-corrected chi connectivity index (χ4v) is 3.96. The lowest BCUT2D eigenvalue weighted by atomic mass is 10.1. The highest BCUT2D eigenvalue weighted by molar-refractivity contribution is 6.32. The van der Waals surface area contributed by atoms with Crippen LogP contribution in [0.25, 0.3) is 0 Å². The molecule has 2 aromatic rings. The van der Waals surface area contributed by atoms with Gasteiger partial charge in [-0.1, -0.05) is 29.6 Å². The summed E-state index contributed by atoms with van der Waals surface area (Å²) < 4.78 is 5.70. The van der Waals surface area contributed by atoms with Gasteiger partial charge in [-0.15, -0.1) is 0 Å². The summed E-state index contributed by atoms with van der Waals surface area (Å²) in [4.78, 5) is 30.4. The van der Waals surface area contributed by atoms with Crippen molar-refractivity contribution in [1.82, 2.24) is 20.7 Å². The Morgan fingerprint density at radius 3 is 2.35 bits per heavy atom. The summed E-state index contributed by atoms with van der Waals surface area (Å²) in [5, 5.41) is 12.4. The second kappa shape index (κ2) is 11.3. The summed E-state index contributed by atoms with van der Waals surface area (Å²) in [7, 11) is 0. The van der Waals surface area contributed by atoms with E-state index in [0.717, 1.165) is 37.9 Å². The van der Waals surface area contributed by atoms with Gasteiger partial charge in [0.2, 0.25) is 0 Å². The monoisotopic (exact) mass is 466 g/mol. The predicted molar refractivity (Wildman–Crippen MR) is 117 cm³/mol. The SMILES string of the molecule is O=C(NCC(C(=O)NO)N1CCCCC1)c1ccc(OCc2cc(Cl)nc(Cl)c2)cc1. The summed E-state index contributed by atoms with van der Waals surface area (Å²) in [6, 6.07) is 9.35. The summed E-state index contributed by atoms with van der Waals surface area (Å²) in [6.07, 6.45) is 3.09. The number of hydrogen-bond donors (Lipinski definition) is 3.